The minimum atomic E-state index is -0.504. The summed E-state index contributed by atoms with van der Waals surface area (Å²) in [5.74, 6) is 0.0707. The lowest BCUT2D eigenvalue weighted by molar-refractivity contribution is -0.384. The van der Waals surface area contributed by atoms with Gasteiger partial charge in [0.2, 0.25) is 5.91 Å². The first kappa shape index (κ1) is 24.6. The second-order valence-electron chi connectivity index (χ2n) is 7.44. The Balaban J connectivity index is 1.63. The monoisotopic (exact) mass is 480 g/mol. The third-order valence-corrected chi connectivity index (χ3v) is 5.77. The molecule has 0 saturated carbocycles. The number of carbonyl (C=O) groups is 2. The SMILES string of the molecule is C=CCn1c(SCC(=O)Nc2ccc([N+](=O)[O-])cc2)nnc1[C@H](C)NC(=O)c1ccc(C)cc1. The summed E-state index contributed by atoms with van der Waals surface area (Å²) in [5, 5.41) is 25.3. The number of rotatable bonds is 10. The molecule has 0 aliphatic carbocycles. The first-order valence-electron chi connectivity index (χ1n) is 10.4. The third kappa shape index (κ3) is 6.29. The highest BCUT2D eigenvalue weighted by molar-refractivity contribution is 7.99. The number of nitro benzene ring substituents is 1. The maximum atomic E-state index is 12.6. The Morgan fingerprint density at radius 3 is 2.47 bits per heavy atom. The number of benzene rings is 2. The third-order valence-electron chi connectivity index (χ3n) is 4.80. The topological polar surface area (TPSA) is 132 Å². The second-order valence-corrected chi connectivity index (χ2v) is 8.38. The number of aromatic nitrogens is 3. The van der Waals surface area contributed by atoms with E-state index in [0.717, 1.165) is 5.56 Å². The molecule has 0 radical (unpaired) electrons. The van der Waals surface area contributed by atoms with E-state index in [-0.39, 0.29) is 23.3 Å². The van der Waals surface area contributed by atoms with E-state index in [9.17, 15) is 19.7 Å². The van der Waals surface area contributed by atoms with E-state index < -0.39 is 11.0 Å². The molecule has 3 aromatic rings. The molecule has 10 nitrogen and oxygen atoms in total. The van der Waals surface area contributed by atoms with Crippen LogP contribution in [0.3, 0.4) is 0 Å². The van der Waals surface area contributed by atoms with Gasteiger partial charge in [0, 0.05) is 29.9 Å². The fraction of sp³-hybridized carbons (Fsp3) is 0.217. The van der Waals surface area contributed by atoms with E-state index in [1.54, 1.807) is 22.8 Å². The number of nitro groups is 1. The van der Waals surface area contributed by atoms with Crippen molar-refractivity contribution < 1.29 is 14.5 Å². The largest absolute Gasteiger partial charge is 0.342 e. The average Bonchev–Trinajstić information content (AvgIpc) is 3.21. The summed E-state index contributed by atoms with van der Waals surface area (Å²) in [5.41, 5.74) is 2.01. The molecule has 0 unspecified atom stereocenters. The number of hydrogen-bond acceptors (Lipinski definition) is 7. The summed E-state index contributed by atoms with van der Waals surface area (Å²) in [7, 11) is 0. The number of hydrogen-bond donors (Lipinski definition) is 2. The van der Waals surface area contributed by atoms with Crippen molar-refractivity contribution in [2.75, 3.05) is 11.1 Å². The predicted octanol–water partition coefficient (Wildman–Crippen LogP) is 3.90. The molecule has 0 aliphatic heterocycles. The Morgan fingerprint density at radius 2 is 1.85 bits per heavy atom. The zero-order chi connectivity index (χ0) is 24.7. The van der Waals surface area contributed by atoms with Gasteiger partial charge in [-0.2, -0.15) is 0 Å². The van der Waals surface area contributed by atoms with Crippen LogP contribution in [0.15, 0.2) is 66.3 Å². The van der Waals surface area contributed by atoms with Crippen molar-refractivity contribution in [3.8, 4) is 0 Å². The van der Waals surface area contributed by atoms with E-state index >= 15 is 0 Å². The molecule has 34 heavy (non-hydrogen) atoms. The molecule has 2 N–H and O–H groups in total. The van der Waals surface area contributed by atoms with Gasteiger partial charge in [-0.3, -0.25) is 19.7 Å². The molecule has 2 amide bonds. The smallest absolute Gasteiger partial charge is 0.269 e. The Morgan fingerprint density at radius 1 is 1.18 bits per heavy atom. The minimum absolute atomic E-state index is 0.0520. The maximum Gasteiger partial charge on any atom is 0.269 e. The van der Waals surface area contributed by atoms with Gasteiger partial charge in [-0.25, -0.2) is 0 Å². The van der Waals surface area contributed by atoms with Gasteiger partial charge in [0.1, 0.15) is 0 Å². The standard InChI is InChI=1S/C23H24N6O4S/c1-4-13-28-21(16(3)24-22(31)17-7-5-15(2)6-8-17)26-27-23(28)34-14-20(30)25-18-9-11-19(12-10-18)29(32)33/h4-12,16H,1,13-14H2,2-3H3,(H,24,31)(H,25,30)/t16-/m0/s1. The Bertz CT molecular complexity index is 1190. The van der Waals surface area contributed by atoms with E-state index in [1.807, 2.05) is 26.0 Å². The Hall–Kier alpha value is -3.99. The van der Waals surface area contributed by atoms with Gasteiger partial charge >= 0.3 is 0 Å². The fourth-order valence-corrected chi connectivity index (χ4v) is 3.83. The first-order valence-corrected chi connectivity index (χ1v) is 11.4. The highest BCUT2D eigenvalue weighted by Gasteiger charge is 2.20. The summed E-state index contributed by atoms with van der Waals surface area (Å²) in [6.45, 7) is 7.93. The molecule has 1 aromatic heterocycles. The predicted molar refractivity (Wildman–Crippen MR) is 130 cm³/mol. The maximum absolute atomic E-state index is 12.6. The normalized spacial score (nSPS) is 11.5. The zero-order valence-corrected chi connectivity index (χ0v) is 19.5. The molecular formula is C23H24N6O4S. The lowest BCUT2D eigenvalue weighted by atomic mass is 10.1. The number of anilines is 1. The molecule has 0 aliphatic rings. The number of non-ortho nitro benzene ring substituents is 1. The van der Waals surface area contributed by atoms with Crippen molar-refractivity contribution in [2.24, 2.45) is 0 Å². The van der Waals surface area contributed by atoms with Crippen LogP contribution in [0.2, 0.25) is 0 Å². The molecule has 0 fully saturated rings. The van der Waals surface area contributed by atoms with E-state index in [1.165, 1.54) is 36.0 Å². The number of nitrogens with one attached hydrogen (secondary N) is 2. The lowest BCUT2D eigenvalue weighted by Gasteiger charge is -2.15. The van der Waals surface area contributed by atoms with Crippen LogP contribution in [-0.2, 0) is 11.3 Å². The second kappa shape index (κ2) is 11.2. The molecule has 0 saturated heterocycles. The van der Waals surface area contributed by atoms with Gasteiger partial charge in [-0.05, 0) is 38.1 Å². The molecule has 176 valence electrons. The number of thioether (sulfide) groups is 1. The summed E-state index contributed by atoms with van der Waals surface area (Å²) < 4.78 is 1.79. The van der Waals surface area contributed by atoms with E-state index in [0.29, 0.717) is 28.8 Å². The van der Waals surface area contributed by atoms with Gasteiger partial charge < -0.3 is 15.2 Å². The van der Waals surface area contributed by atoms with Crippen LogP contribution < -0.4 is 10.6 Å². The lowest BCUT2D eigenvalue weighted by Crippen LogP contribution is -2.28. The number of amides is 2. The van der Waals surface area contributed by atoms with E-state index in [2.05, 4.69) is 27.4 Å². The minimum Gasteiger partial charge on any atom is -0.342 e. The Kier molecular flexibility index (Phi) is 8.14. The van der Waals surface area contributed by atoms with Crippen LogP contribution in [0.5, 0.6) is 0 Å². The van der Waals surface area contributed by atoms with Crippen LogP contribution in [0.4, 0.5) is 11.4 Å². The first-order chi connectivity index (χ1) is 16.3. The van der Waals surface area contributed by atoms with Gasteiger partial charge in [-0.15, -0.1) is 16.8 Å². The number of aryl methyl sites for hydroxylation is 1. The molecule has 1 heterocycles. The van der Waals surface area contributed by atoms with Crippen LogP contribution >= 0.6 is 11.8 Å². The molecule has 1 atom stereocenters. The quantitative estimate of drug-likeness (QED) is 0.195. The average molecular weight is 481 g/mol. The van der Waals surface area contributed by atoms with Crippen molar-refractivity contribution >= 4 is 35.0 Å². The highest BCUT2D eigenvalue weighted by Crippen LogP contribution is 2.22. The van der Waals surface area contributed by atoms with Crippen LogP contribution in [0.25, 0.3) is 0 Å². The molecule has 11 heteroatoms. The van der Waals surface area contributed by atoms with Gasteiger partial charge in [0.05, 0.1) is 16.7 Å². The van der Waals surface area contributed by atoms with Gasteiger partial charge in [0.15, 0.2) is 11.0 Å². The van der Waals surface area contributed by atoms with Crippen molar-refractivity contribution in [3.05, 3.63) is 88.3 Å². The Labute approximate surface area is 200 Å². The number of allylic oxidation sites excluding steroid dienone is 1. The fourth-order valence-electron chi connectivity index (χ4n) is 3.07. The molecule has 2 aromatic carbocycles. The summed E-state index contributed by atoms with van der Waals surface area (Å²) in [6, 6.07) is 12.4. The summed E-state index contributed by atoms with van der Waals surface area (Å²) >= 11 is 1.19. The van der Waals surface area contributed by atoms with Crippen LogP contribution in [0.1, 0.15) is 34.7 Å². The summed E-state index contributed by atoms with van der Waals surface area (Å²) in [6.07, 6.45) is 1.68. The molecular weight excluding hydrogens is 456 g/mol. The van der Waals surface area contributed by atoms with Gasteiger partial charge in [-0.1, -0.05) is 35.5 Å². The molecule has 3 rings (SSSR count). The van der Waals surface area contributed by atoms with Crippen molar-refractivity contribution in [2.45, 2.75) is 31.6 Å². The van der Waals surface area contributed by atoms with Crippen molar-refractivity contribution in [1.29, 1.82) is 0 Å². The molecule has 0 bridgehead atoms. The number of carbonyl (C=O) groups excluding carboxylic acids is 2. The van der Waals surface area contributed by atoms with Crippen LogP contribution in [-0.4, -0.2) is 37.3 Å². The van der Waals surface area contributed by atoms with Gasteiger partial charge in [0.25, 0.3) is 11.6 Å². The number of nitrogens with zero attached hydrogens (tertiary/aromatic N) is 4. The van der Waals surface area contributed by atoms with Crippen LogP contribution in [0, 0.1) is 17.0 Å². The van der Waals surface area contributed by atoms with E-state index in [4.69, 9.17) is 0 Å². The van der Waals surface area contributed by atoms with Crippen molar-refractivity contribution in [3.63, 3.8) is 0 Å². The van der Waals surface area contributed by atoms with Crippen molar-refractivity contribution in [1.82, 2.24) is 20.1 Å². The highest BCUT2D eigenvalue weighted by atomic mass is 32.2. The zero-order valence-electron chi connectivity index (χ0n) is 18.7. The molecule has 0 spiro atoms. The summed E-state index contributed by atoms with van der Waals surface area (Å²) in [4.78, 5) is 35.2.